The molecule has 0 bridgehead atoms. The number of hydrogen-bond donors (Lipinski definition) is 1. The minimum absolute atomic E-state index is 0.0103. The lowest BCUT2D eigenvalue weighted by atomic mass is 10.1. The average Bonchev–Trinajstić information content (AvgIpc) is 2.57. The molecule has 5 nitrogen and oxygen atoms in total. The first-order chi connectivity index (χ1) is 12.0. The largest absolute Gasteiger partial charge is 0.346 e. The van der Waals surface area contributed by atoms with E-state index < -0.39 is 33.6 Å². The summed E-state index contributed by atoms with van der Waals surface area (Å²) in [5.41, 5.74) is 0.441. The fourth-order valence-corrected chi connectivity index (χ4v) is 3.58. The number of rotatable bonds is 5. The summed E-state index contributed by atoms with van der Waals surface area (Å²) in [6.07, 6.45) is 0. The van der Waals surface area contributed by atoms with E-state index in [0.29, 0.717) is 5.56 Å². The first kappa shape index (κ1) is 20.3. The van der Waals surface area contributed by atoms with Gasteiger partial charge in [-0.3, -0.25) is 4.79 Å². The fraction of sp³-hybridized carbons (Fsp3) is 0.235. The van der Waals surface area contributed by atoms with E-state index in [0.717, 1.165) is 16.4 Å². The van der Waals surface area contributed by atoms with Crippen LogP contribution in [0.1, 0.15) is 28.9 Å². The summed E-state index contributed by atoms with van der Waals surface area (Å²) in [6, 6.07) is 6.56. The van der Waals surface area contributed by atoms with Crippen molar-refractivity contribution in [1.29, 1.82) is 0 Å². The maximum absolute atomic E-state index is 13.3. The van der Waals surface area contributed by atoms with Crippen LogP contribution in [0, 0.1) is 11.6 Å². The molecule has 140 valence electrons. The van der Waals surface area contributed by atoms with Gasteiger partial charge in [0.2, 0.25) is 10.0 Å². The molecule has 0 spiro atoms. The predicted molar refractivity (Wildman–Crippen MR) is 94.6 cm³/mol. The number of benzene rings is 2. The van der Waals surface area contributed by atoms with Gasteiger partial charge >= 0.3 is 0 Å². The van der Waals surface area contributed by atoms with Crippen LogP contribution in [0.15, 0.2) is 41.3 Å². The molecule has 2 aromatic carbocycles. The molecule has 0 saturated heterocycles. The molecule has 1 N–H and O–H groups in total. The molecule has 26 heavy (non-hydrogen) atoms. The second kappa shape index (κ2) is 7.69. The Morgan fingerprint density at radius 3 is 2.35 bits per heavy atom. The summed E-state index contributed by atoms with van der Waals surface area (Å²) < 4.78 is 51.9. The third-order valence-electron chi connectivity index (χ3n) is 3.74. The van der Waals surface area contributed by atoms with Crippen LogP contribution in [0.4, 0.5) is 8.78 Å². The number of amides is 1. The van der Waals surface area contributed by atoms with E-state index in [4.69, 9.17) is 11.6 Å². The summed E-state index contributed by atoms with van der Waals surface area (Å²) in [5.74, 6) is -2.58. The van der Waals surface area contributed by atoms with E-state index >= 15 is 0 Å². The summed E-state index contributed by atoms with van der Waals surface area (Å²) in [4.78, 5) is 12.2. The molecular formula is C17H17ClF2N2O3S. The zero-order chi connectivity index (χ0) is 19.6. The Labute approximate surface area is 155 Å². The summed E-state index contributed by atoms with van der Waals surface area (Å²) in [6.45, 7) is 1.60. The quantitative estimate of drug-likeness (QED) is 0.833. The van der Waals surface area contributed by atoms with Gasteiger partial charge in [0.25, 0.3) is 5.91 Å². The Kier molecular flexibility index (Phi) is 6.00. The smallest absolute Gasteiger partial charge is 0.251 e. The lowest BCUT2D eigenvalue weighted by molar-refractivity contribution is 0.0939. The van der Waals surface area contributed by atoms with Gasteiger partial charge in [-0.2, -0.15) is 0 Å². The zero-order valence-electron chi connectivity index (χ0n) is 14.3. The van der Waals surface area contributed by atoms with E-state index in [1.807, 2.05) is 0 Å². The van der Waals surface area contributed by atoms with Crippen molar-refractivity contribution < 1.29 is 22.0 Å². The molecule has 0 heterocycles. The number of carbonyl (C=O) groups excluding carboxylic acids is 1. The van der Waals surface area contributed by atoms with Crippen LogP contribution in [0.2, 0.25) is 5.02 Å². The Balaban J connectivity index is 2.28. The second-order valence-corrected chi connectivity index (χ2v) is 8.33. The van der Waals surface area contributed by atoms with Crippen LogP contribution < -0.4 is 5.32 Å². The monoisotopic (exact) mass is 402 g/mol. The van der Waals surface area contributed by atoms with Gasteiger partial charge in [-0.1, -0.05) is 17.7 Å². The maximum atomic E-state index is 13.3. The zero-order valence-corrected chi connectivity index (χ0v) is 15.8. The summed E-state index contributed by atoms with van der Waals surface area (Å²) >= 11 is 5.95. The first-order valence-electron chi connectivity index (χ1n) is 7.52. The van der Waals surface area contributed by atoms with E-state index in [2.05, 4.69) is 5.32 Å². The van der Waals surface area contributed by atoms with Crippen molar-refractivity contribution in [3.05, 3.63) is 64.2 Å². The Morgan fingerprint density at radius 1 is 1.12 bits per heavy atom. The van der Waals surface area contributed by atoms with Crippen LogP contribution in [-0.4, -0.2) is 32.7 Å². The summed E-state index contributed by atoms with van der Waals surface area (Å²) in [7, 11) is -1.12. The Hall–Kier alpha value is -2.03. The van der Waals surface area contributed by atoms with Gasteiger partial charge in [-0.15, -0.1) is 0 Å². The minimum atomic E-state index is -3.82. The van der Waals surface area contributed by atoms with Crippen molar-refractivity contribution in [2.45, 2.75) is 17.9 Å². The molecule has 2 rings (SSSR count). The van der Waals surface area contributed by atoms with Gasteiger partial charge in [0.05, 0.1) is 11.1 Å². The topological polar surface area (TPSA) is 66.5 Å². The van der Waals surface area contributed by atoms with Gasteiger partial charge in [-0.05, 0) is 42.8 Å². The van der Waals surface area contributed by atoms with Gasteiger partial charge < -0.3 is 5.32 Å². The van der Waals surface area contributed by atoms with Crippen LogP contribution in [0.5, 0.6) is 0 Å². The van der Waals surface area contributed by atoms with Crippen molar-refractivity contribution in [2.75, 3.05) is 14.1 Å². The minimum Gasteiger partial charge on any atom is -0.346 e. The van der Waals surface area contributed by atoms with Crippen molar-refractivity contribution in [2.24, 2.45) is 0 Å². The molecule has 0 saturated carbocycles. The van der Waals surface area contributed by atoms with Crippen LogP contribution in [0.25, 0.3) is 0 Å². The normalized spacial score (nSPS) is 12.9. The highest BCUT2D eigenvalue weighted by Crippen LogP contribution is 2.25. The van der Waals surface area contributed by atoms with E-state index in [1.54, 1.807) is 6.92 Å². The molecule has 1 amide bonds. The molecule has 0 fully saturated rings. The van der Waals surface area contributed by atoms with Gasteiger partial charge in [0.1, 0.15) is 4.90 Å². The molecular weight excluding hydrogens is 386 g/mol. The number of halogens is 3. The van der Waals surface area contributed by atoms with Gasteiger partial charge in [-0.25, -0.2) is 21.5 Å². The van der Waals surface area contributed by atoms with Crippen molar-refractivity contribution >= 4 is 27.5 Å². The standard InChI is InChI=1S/C17H17ClF2N2O3S/c1-10(11-5-7-14(19)15(20)8-11)21-17(23)12-4-6-13(18)16(9-12)26(24,25)22(2)3/h4-10H,1-3H3,(H,21,23). The molecule has 0 aliphatic carbocycles. The Morgan fingerprint density at radius 2 is 1.77 bits per heavy atom. The van der Waals surface area contributed by atoms with Crippen LogP contribution in [0.3, 0.4) is 0 Å². The number of hydrogen-bond acceptors (Lipinski definition) is 3. The second-order valence-electron chi connectivity index (χ2n) is 5.80. The van der Waals surface area contributed by atoms with Crippen molar-refractivity contribution in [3.63, 3.8) is 0 Å². The molecule has 0 aliphatic rings. The fourth-order valence-electron chi connectivity index (χ4n) is 2.18. The average molecular weight is 403 g/mol. The lowest BCUT2D eigenvalue weighted by Gasteiger charge is -2.16. The van der Waals surface area contributed by atoms with Crippen molar-refractivity contribution in [3.8, 4) is 0 Å². The molecule has 0 aromatic heterocycles. The van der Waals surface area contributed by atoms with E-state index in [-0.39, 0.29) is 15.5 Å². The SMILES string of the molecule is CC(NC(=O)c1ccc(Cl)c(S(=O)(=O)N(C)C)c1)c1ccc(F)c(F)c1. The molecule has 2 aromatic rings. The molecule has 0 radical (unpaired) electrons. The highest BCUT2D eigenvalue weighted by atomic mass is 35.5. The molecule has 1 unspecified atom stereocenters. The van der Waals surface area contributed by atoms with Crippen molar-refractivity contribution in [1.82, 2.24) is 9.62 Å². The molecule has 9 heteroatoms. The summed E-state index contributed by atoms with van der Waals surface area (Å²) in [5, 5.41) is 2.60. The van der Waals surface area contributed by atoms with Crippen LogP contribution in [-0.2, 0) is 10.0 Å². The maximum Gasteiger partial charge on any atom is 0.251 e. The predicted octanol–water partition coefficient (Wildman–Crippen LogP) is 3.36. The number of carbonyl (C=O) groups is 1. The van der Waals surface area contributed by atoms with Gasteiger partial charge in [0.15, 0.2) is 11.6 Å². The lowest BCUT2D eigenvalue weighted by Crippen LogP contribution is -2.27. The van der Waals surface area contributed by atoms with Crippen LogP contribution >= 0.6 is 11.6 Å². The number of nitrogens with zero attached hydrogens (tertiary/aromatic N) is 1. The third kappa shape index (κ3) is 4.20. The molecule has 0 aliphatic heterocycles. The van der Waals surface area contributed by atoms with E-state index in [1.165, 1.54) is 38.4 Å². The third-order valence-corrected chi connectivity index (χ3v) is 6.04. The van der Waals surface area contributed by atoms with Gasteiger partial charge in [0, 0.05) is 19.7 Å². The highest BCUT2D eigenvalue weighted by Gasteiger charge is 2.23. The number of sulfonamides is 1. The first-order valence-corrected chi connectivity index (χ1v) is 9.33. The highest BCUT2D eigenvalue weighted by molar-refractivity contribution is 7.89. The molecule has 1 atom stereocenters. The van der Waals surface area contributed by atoms with E-state index in [9.17, 15) is 22.0 Å². The number of nitrogens with one attached hydrogen (secondary N) is 1. The Bertz CT molecular complexity index is 949.